The van der Waals surface area contributed by atoms with E-state index in [0.717, 1.165) is 0 Å². The molecular weight excluding hydrogens is 168 g/mol. The van der Waals surface area contributed by atoms with Gasteiger partial charge in [0.25, 0.3) is 0 Å². The largest absolute Gasteiger partial charge is 0.0812 e. The van der Waals surface area contributed by atoms with Gasteiger partial charge in [0.2, 0.25) is 0 Å². The highest BCUT2D eigenvalue weighted by Crippen LogP contribution is 2.27. The smallest absolute Gasteiger partial charge is 0.0439 e. The minimum absolute atomic E-state index is 0.105. The van der Waals surface area contributed by atoms with Crippen molar-refractivity contribution >= 4 is 0 Å². The van der Waals surface area contributed by atoms with Crippen LogP contribution in [0.2, 0.25) is 0 Å². The van der Waals surface area contributed by atoms with Gasteiger partial charge < -0.3 is 0 Å². The second-order valence-corrected chi connectivity index (χ2v) is 4.04. The molecule has 1 unspecified atom stereocenters. The Morgan fingerprint density at radius 2 is 1.50 bits per heavy atom. The van der Waals surface area contributed by atoms with Crippen LogP contribution < -0.4 is 0 Å². The van der Waals surface area contributed by atoms with E-state index in [4.69, 9.17) is 6.42 Å². The molecule has 1 rings (SSSR count). The fourth-order valence-electron chi connectivity index (χ4n) is 1.97. The van der Waals surface area contributed by atoms with E-state index in [1.165, 1.54) is 27.8 Å². The summed E-state index contributed by atoms with van der Waals surface area (Å²) in [5.74, 6) is 2.67. The maximum atomic E-state index is 7.23. The number of benzene rings is 1. The van der Waals surface area contributed by atoms with Crippen LogP contribution in [0.1, 0.15) is 40.7 Å². The molecule has 0 nitrogen and oxygen atoms in total. The van der Waals surface area contributed by atoms with Crippen molar-refractivity contribution in [3.05, 3.63) is 40.3 Å². The third kappa shape index (κ3) is 1.68. The molecule has 1 aromatic rings. The monoisotopic (exact) mass is 185 g/mol. The van der Waals surface area contributed by atoms with Crippen LogP contribution in [0.25, 0.3) is 0 Å². The molecule has 0 aliphatic carbocycles. The van der Waals surface area contributed by atoms with Crippen LogP contribution in [-0.2, 0) is 0 Å². The van der Waals surface area contributed by atoms with Crippen LogP contribution in [0.4, 0.5) is 0 Å². The van der Waals surface area contributed by atoms with Crippen molar-refractivity contribution in [3.8, 4) is 5.92 Å². The zero-order valence-corrected chi connectivity index (χ0v) is 9.65. The molecule has 1 aromatic carbocycles. The summed E-state index contributed by atoms with van der Waals surface area (Å²) in [6, 6.07) is 2.21. The Kier molecular flexibility index (Phi) is 3.01. The van der Waals surface area contributed by atoms with Gasteiger partial charge in [-0.05, 0) is 68.9 Å². The van der Waals surface area contributed by atoms with Gasteiger partial charge in [0.05, 0.1) is 0 Å². The molecule has 0 aliphatic heterocycles. The Bertz CT molecular complexity index is 365. The predicted molar refractivity (Wildman–Crippen MR) is 60.9 cm³/mol. The van der Waals surface area contributed by atoms with E-state index >= 15 is 0 Å². The maximum absolute atomic E-state index is 7.23. The molecule has 14 heavy (non-hydrogen) atoms. The first kappa shape index (κ1) is 10.9. The van der Waals surface area contributed by atoms with Crippen LogP contribution in [0.5, 0.6) is 0 Å². The zero-order valence-electron chi connectivity index (χ0n) is 9.65. The Balaban J connectivity index is 3.49. The average molecular weight is 185 g/mol. The molecule has 1 atom stereocenters. The summed E-state index contributed by atoms with van der Waals surface area (Å²) >= 11 is 0. The lowest BCUT2D eigenvalue weighted by atomic mass is 9.87. The first-order valence-electron chi connectivity index (χ1n) is 4.98. The lowest BCUT2D eigenvalue weighted by Crippen LogP contribution is -2.01. The molecule has 0 aromatic heterocycles. The third-order valence-corrected chi connectivity index (χ3v) is 3.07. The first-order valence-corrected chi connectivity index (χ1v) is 4.98. The van der Waals surface area contributed by atoms with Gasteiger partial charge in [0.1, 0.15) is 0 Å². The van der Waals surface area contributed by atoms with E-state index in [1.807, 2.05) is 6.92 Å². The minimum atomic E-state index is 0.105. The third-order valence-electron chi connectivity index (χ3n) is 3.07. The summed E-state index contributed by atoms with van der Waals surface area (Å²) in [5, 5.41) is 0. The van der Waals surface area contributed by atoms with Crippen LogP contribution in [0, 0.1) is 40.0 Å². The molecule has 0 N–H and O–H groups in total. The van der Waals surface area contributed by atoms with E-state index in [-0.39, 0.29) is 5.92 Å². The summed E-state index contributed by atoms with van der Waals surface area (Å²) in [7, 11) is 0. The van der Waals surface area contributed by atoms with Gasteiger partial charge in [0, 0.05) is 5.92 Å². The molecule has 0 heterocycles. The highest BCUT2D eigenvalue weighted by atomic mass is 14.2. The fourth-order valence-corrected chi connectivity index (χ4v) is 1.97. The van der Waals surface area contributed by atoms with E-state index < -0.39 is 0 Å². The molecule has 0 spiro atoms. The summed E-state index contributed by atoms with van der Waals surface area (Å²) in [6.07, 6.45) is 7.23. The van der Waals surface area contributed by atoms with E-state index in [1.54, 1.807) is 0 Å². The standard InChI is InChI=1S/C14H17/c1-7-9(2)14-12(5)10(3)8-11(4)13(14)6/h8-9H,2-6H3. The van der Waals surface area contributed by atoms with Crippen molar-refractivity contribution in [1.82, 2.24) is 0 Å². The highest BCUT2D eigenvalue weighted by molar-refractivity contribution is 5.47. The van der Waals surface area contributed by atoms with Crippen LogP contribution >= 0.6 is 0 Å². The first-order chi connectivity index (χ1) is 6.49. The van der Waals surface area contributed by atoms with Gasteiger partial charge in [-0.1, -0.05) is 12.0 Å². The average Bonchev–Trinajstić information content (AvgIpc) is 2.15. The van der Waals surface area contributed by atoms with Crippen molar-refractivity contribution in [3.63, 3.8) is 0 Å². The number of aryl methyl sites for hydroxylation is 2. The van der Waals surface area contributed by atoms with Crippen molar-refractivity contribution < 1.29 is 0 Å². The summed E-state index contributed by atoms with van der Waals surface area (Å²) in [5.41, 5.74) is 6.51. The SMILES string of the molecule is [C]#CC(C)c1c(C)c(C)cc(C)c1C. The summed E-state index contributed by atoms with van der Waals surface area (Å²) < 4.78 is 0. The van der Waals surface area contributed by atoms with Crippen molar-refractivity contribution in [1.29, 1.82) is 0 Å². The zero-order chi connectivity index (χ0) is 10.9. The van der Waals surface area contributed by atoms with Gasteiger partial charge in [-0.15, -0.1) is 0 Å². The van der Waals surface area contributed by atoms with E-state index in [2.05, 4.69) is 39.7 Å². The molecule has 0 bridgehead atoms. The normalized spacial score (nSPS) is 12.3. The number of rotatable bonds is 1. The second kappa shape index (κ2) is 3.88. The maximum Gasteiger partial charge on any atom is 0.0439 e. The molecule has 73 valence electrons. The van der Waals surface area contributed by atoms with Gasteiger partial charge in [0.15, 0.2) is 0 Å². The summed E-state index contributed by atoms with van der Waals surface area (Å²) in [4.78, 5) is 0. The minimum Gasteiger partial charge on any atom is -0.0812 e. The lowest BCUT2D eigenvalue weighted by molar-refractivity contribution is 0.954. The molecule has 0 saturated carbocycles. The molecule has 0 saturated heterocycles. The van der Waals surface area contributed by atoms with Crippen LogP contribution in [-0.4, -0.2) is 0 Å². The van der Waals surface area contributed by atoms with Crippen LogP contribution in [0.3, 0.4) is 0 Å². The molecule has 0 fully saturated rings. The Hall–Kier alpha value is -1.22. The quantitative estimate of drug-likeness (QED) is 0.586. The fraction of sp³-hybridized carbons (Fsp3) is 0.429. The lowest BCUT2D eigenvalue weighted by Gasteiger charge is -2.17. The Morgan fingerprint density at radius 3 is 1.86 bits per heavy atom. The molecular formula is C14H17. The van der Waals surface area contributed by atoms with Gasteiger partial charge in [-0.25, -0.2) is 0 Å². The van der Waals surface area contributed by atoms with Crippen molar-refractivity contribution in [2.24, 2.45) is 0 Å². The summed E-state index contributed by atoms with van der Waals surface area (Å²) in [6.45, 7) is 10.5. The number of hydrogen-bond acceptors (Lipinski definition) is 0. The van der Waals surface area contributed by atoms with E-state index in [0.29, 0.717) is 0 Å². The molecule has 0 amide bonds. The van der Waals surface area contributed by atoms with Gasteiger partial charge in [-0.2, -0.15) is 0 Å². The van der Waals surface area contributed by atoms with Gasteiger partial charge in [-0.3, -0.25) is 0 Å². The Morgan fingerprint density at radius 1 is 1.07 bits per heavy atom. The Labute approximate surface area is 87.4 Å². The van der Waals surface area contributed by atoms with E-state index in [9.17, 15) is 0 Å². The second-order valence-electron chi connectivity index (χ2n) is 4.04. The number of hydrogen-bond donors (Lipinski definition) is 0. The van der Waals surface area contributed by atoms with Crippen molar-refractivity contribution in [2.45, 2.75) is 40.5 Å². The van der Waals surface area contributed by atoms with Crippen LogP contribution in [0.15, 0.2) is 6.07 Å². The van der Waals surface area contributed by atoms with Gasteiger partial charge >= 0.3 is 0 Å². The molecule has 0 heteroatoms. The topological polar surface area (TPSA) is 0 Å². The highest BCUT2D eigenvalue weighted by Gasteiger charge is 2.12. The predicted octanol–water partition coefficient (Wildman–Crippen LogP) is 3.61. The van der Waals surface area contributed by atoms with Crippen molar-refractivity contribution in [2.75, 3.05) is 0 Å². The molecule has 1 radical (unpaired) electrons. The molecule has 0 aliphatic rings.